The summed E-state index contributed by atoms with van der Waals surface area (Å²) >= 11 is 0. The van der Waals surface area contributed by atoms with Crippen LogP contribution in [0.4, 0.5) is 17.1 Å². The molecule has 1 aliphatic rings. The first kappa shape index (κ1) is 15.8. The minimum absolute atomic E-state index is 0.000893. The van der Waals surface area contributed by atoms with Crippen molar-refractivity contribution in [3.8, 4) is 0 Å². The zero-order valence-electron chi connectivity index (χ0n) is 14.1. The molecule has 0 spiro atoms. The van der Waals surface area contributed by atoms with Gasteiger partial charge in [-0.15, -0.1) is 0 Å². The lowest BCUT2D eigenvalue weighted by molar-refractivity contribution is -0.384. The second-order valence-electron chi connectivity index (χ2n) is 6.12. The van der Waals surface area contributed by atoms with E-state index < -0.39 is 4.92 Å². The van der Waals surface area contributed by atoms with Crippen LogP contribution in [0.1, 0.15) is 11.1 Å². The molecule has 0 fully saturated rings. The quantitative estimate of drug-likeness (QED) is 0.244. The van der Waals surface area contributed by atoms with E-state index in [1.165, 1.54) is 23.1 Å². The highest BCUT2D eigenvalue weighted by atomic mass is 16.6. The van der Waals surface area contributed by atoms with Crippen molar-refractivity contribution < 1.29 is 4.92 Å². The molecule has 128 valence electrons. The topological polar surface area (TPSA) is 82.3 Å². The molecule has 1 aliphatic carbocycles. The van der Waals surface area contributed by atoms with Gasteiger partial charge in [-0.3, -0.25) is 15.5 Å². The summed E-state index contributed by atoms with van der Waals surface area (Å²) in [5, 5.41) is 24.8. The first-order chi connectivity index (χ1) is 12.5. The molecule has 3 aromatic rings. The third kappa shape index (κ3) is 2.57. The standard InChI is InChI=1S/C20H16N4O2/c1-23(15-6-3-7-16(12-15)24(25)26)20(21)22-18-11-9-14-5-2-4-13-8-10-17(18)19(13)14/h2-12H,1H3,(H2,21,22). The Labute approximate surface area is 150 Å². The molecule has 0 bridgehead atoms. The number of guanidine groups is 1. The van der Waals surface area contributed by atoms with E-state index in [1.807, 2.05) is 24.3 Å². The molecule has 0 aliphatic heterocycles. The van der Waals surface area contributed by atoms with Crippen molar-refractivity contribution >= 4 is 45.9 Å². The zero-order chi connectivity index (χ0) is 18.3. The van der Waals surface area contributed by atoms with Gasteiger partial charge >= 0.3 is 0 Å². The van der Waals surface area contributed by atoms with E-state index in [2.05, 4.69) is 23.5 Å². The normalized spacial score (nSPS) is 11.6. The molecule has 0 saturated carbocycles. The van der Waals surface area contributed by atoms with E-state index in [4.69, 9.17) is 5.41 Å². The van der Waals surface area contributed by atoms with Gasteiger partial charge in [0.15, 0.2) is 5.96 Å². The molecule has 0 aromatic heterocycles. The average Bonchev–Trinajstić information content (AvgIpc) is 3.09. The van der Waals surface area contributed by atoms with Gasteiger partial charge in [-0.2, -0.15) is 0 Å². The Morgan fingerprint density at radius 1 is 1.12 bits per heavy atom. The van der Waals surface area contributed by atoms with Crippen LogP contribution in [0, 0.1) is 15.5 Å². The molecule has 0 radical (unpaired) electrons. The predicted octanol–water partition coefficient (Wildman–Crippen LogP) is 4.71. The summed E-state index contributed by atoms with van der Waals surface area (Å²) in [5.74, 6) is 0.138. The van der Waals surface area contributed by atoms with Crippen LogP contribution >= 0.6 is 0 Å². The second-order valence-corrected chi connectivity index (χ2v) is 6.12. The first-order valence-corrected chi connectivity index (χ1v) is 8.12. The molecule has 0 atom stereocenters. The maximum Gasteiger partial charge on any atom is 0.271 e. The highest BCUT2D eigenvalue weighted by Gasteiger charge is 2.16. The molecule has 3 aromatic carbocycles. The number of nitrogens with one attached hydrogen (secondary N) is 2. The fraction of sp³-hybridized carbons (Fsp3) is 0.0500. The van der Waals surface area contributed by atoms with Crippen LogP contribution < -0.4 is 10.2 Å². The Morgan fingerprint density at radius 3 is 2.73 bits per heavy atom. The lowest BCUT2D eigenvalue weighted by atomic mass is 10.0. The summed E-state index contributed by atoms with van der Waals surface area (Å²) in [5.41, 5.74) is 3.63. The average molecular weight is 344 g/mol. The number of benzene rings is 3. The van der Waals surface area contributed by atoms with Crippen LogP contribution in [0.15, 0.2) is 54.6 Å². The minimum Gasteiger partial charge on any atom is -0.326 e. The number of nitro benzene ring substituents is 1. The third-order valence-electron chi connectivity index (χ3n) is 4.56. The Kier molecular flexibility index (Phi) is 3.65. The number of hydrogen-bond donors (Lipinski definition) is 2. The van der Waals surface area contributed by atoms with Crippen molar-refractivity contribution in [2.24, 2.45) is 0 Å². The lowest BCUT2D eigenvalue weighted by Crippen LogP contribution is -2.32. The number of non-ortho nitro benzene ring substituents is 1. The van der Waals surface area contributed by atoms with Gasteiger partial charge in [0, 0.05) is 30.4 Å². The smallest absolute Gasteiger partial charge is 0.271 e. The summed E-state index contributed by atoms with van der Waals surface area (Å²) in [4.78, 5) is 12.1. The third-order valence-corrected chi connectivity index (χ3v) is 4.56. The molecule has 0 saturated heterocycles. The Morgan fingerprint density at radius 2 is 1.92 bits per heavy atom. The number of hydrogen-bond acceptors (Lipinski definition) is 3. The molecule has 2 N–H and O–H groups in total. The summed E-state index contributed by atoms with van der Waals surface area (Å²) in [6, 6.07) is 16.4. The van der Waals surface area contributed by atoms with Crippen molar-refractivity contribution in [1.82, 2.24) is 0 Å². The lowest BCUT2D eigenvalue weighted by Gasteiger charge is -2.22. The van der Waals surface area contributed by atoms with Gasteiger partial charge in [0.05, 0.1) is 10.6 Å². The van der Waals surface area contributed by atoms with E-state index in [-0.39, 0.29) is 11.6 Å². The molecule has 0 heterocycles. The SMILES string of the molecule is CN(C(=N)Nc1ccc2cccc3c2c1C=C3)c1cccc([N+](=O)[O-])c1. The number of anilines is 2. The van der Waals surface area contributed by atoms with Crippen LogP contribution in [0.25, 0.3) is 22.9 Å². The summed E-state index contributed by atoms with van der Waals surface area (Å²) in [7, 11) is 1.70. The Bertz CT molecular complexity index is 1090. The van der Waals surface area contributed by atoms with Gasteiger partial charge in [-0.1, -0.05) is 42.5 Å². The van der Waals surface area contributed by atoms with Crippen molar-refractivity contribution in [2.75, 3.05) is 17.3 Å². The van der Waals surface area contributed by atoms with E-state index >= 15 is 0 Å². The van der Waals surface area contributed by atoms with Gasteiger partial charge < -0.3 is 10.2 Å². The van der Waals surface area contributed by atoms with Crippen molar-refractivity contribution in [3.63, 3.8) is 0 Å². The highest BCUT2D eigenvalue weighted by molar-refractivity contribution is 6.12. The predicted molar refractivity (Wildman–Crippen MR) is 106 cm³/mol. The zero-order valence-corrected chi connectivity index (χ0v) is 14.1. The van der Waals surface area contributed by atoms with Crippen molar-refractivity contribution in [3.05, 3.63) is 75.8 Å². The molecule has 0 amide bonds. The highest BCUT2D eigenvalue weighted by Crippen LogP contribution is 2.36. The van der Waals surface area contributed by atoms with E-state index in [0.29, 0.717) is 5.69 Å². The fourth-order valence-electron chi connectivity index (χ4n) is 3.19. The van der Waals surface area contributed by atoms with E-state index in [1.54, 1.807) is 24.1 Å². The molecule has 4 rings (SSSR count). The van der Waals surface area contributed by atoms with Crippen LogP contribution in [-0.2, 0) is 0 Å². The fourth-order valence-corrected chi connectivity index (χ4v) is 3.19. The number of rotatable bonds is 3. The first-order valence-electron chi connectivity index (χ1n) is 8.12. The molecule has 0 unspecified atom stereocenters. The minimum atomic E-state index is -0.440. The number of nitro groups is 1. The molecule has 6 heteroatoms. The summed E-state index contributed by atoms with van der Waals surface area (Å²) in [6.45, 7) is 0. The van der Waals surface area contributed by atoms with Crippen LogP contribution in [0.3, 0.4) is 0 Å². The van der Waals surface area contributed by atoms with Crippen molar-refractivity contribution in [1.29, 1.82) is 5.41 Å². The monoisotopic (exact) mass is 344 g/mol. The number of nitrogens with zero attached hydrogens (tertiary/aromatic N) is 2. The summed E-state index contributed by atoms with van der Waals surface area (Å²) < 4.78 is 0. The van der Waals surface area contributed by atoms with Crippen LogP contribution in [-0.4, -0.2) is 17.9 Å². The second kappa shape index (κ2) is 6.00. The van der Waals surface area contributed by atoms with E-state index in [0.717, 1.165) is 16.6 Å². The molecular formula is C20H16N4O2. The maximum absolute atomic E-state index is 11.0. The molecular weight excluding hydrogens is 328 g/mol. The van der Waals surface area contributed by atoms with Gasteiger partial charge in [0.1, 0.15) is 0 Å². The van der Waals surface area contributed by atoms with Crippen LogP contribution in [0.2, 0.25) is 0 Å². The van der Waals surface area contributed by atoms with Gasteiger partial charge in [0.2, 0.25) is 0 Å². The Balaban J connectivity index is 1.63. The van der Waals surface area contributed by atoms with Crippen LogP contribution in [0.5, 0.6) is 0 Å². The molecule has 6 nitrogen and oxygen atoms in total. The van der Waals surface area contributed by atoms with Gasteiger partial charge in [-0.05, 0) is 28.5 Å². The molecule has 26 heavy (non-hydrogen) atoms. The Hall–Kier alpha value is -3.67. The largest absolute Gasteiger partial charge is 0.326 e. The van der Waals surface area contributed by atoms with E-state index in [9.17, 15) is 10.1 Å². The van der Waals surface area contributed by atoms with Crippen molar-refractivity contribution in [2.45, 2.75) is 0 Å². The maximum atomic E-state index is 11.0. The van der Waals surface area contributed by atoms with Gasteiger partial charge in [-0.25, -0.2) is 0 Å². The summed E-state index contributed by atoms with van der Waals surface area (Å²) in [6.07, 6.45) is 4.11. The van der Waals surface area contributed by atoms with Gasteiger partial charge in [0.25, 0.3) is 5.69 Å².